The van der Waals surface area contributed by atoms with Gasteiger partial charge in [0, 0.05) is 17.0 Å². The van der Waals surface area contributed by atoms with Crippen molar-refractivity contribution in [2.45, 2.75) is 72.1 Å². The normalized spacial score (nSPS) is 15.7. The van der Waals surface area contributed by atoms with Crippen molar-refractivity contribution in [3.05, 3.63) is 77.5 Å². The molecule has 0 bridgehead atoms. The summed E-state index contributed by atoms with van der Waals surface area (Å²) in [6, 6.07) is 20.7. The Hall–Kier alpha value is -3.39. The van der Waals surface area contributed by atoms with E-state index in [2.05, 4.69) is 100 Å². The van der Waals surface area contributed by atoms with Gasteiger partial charge in [-0.25, -0.2) is 4.57 Å². The molecule has 1 aliphatic heterocycles. The summed E-state index contributed by atoms with van der Waals surface area (Å²) in [5.41, 5.74) is 6.81. The number of nitrogens with zero attached hydrogens (tertiary/aromatic N) is 1. The summed E-state index contributed by atoms with van der Waals surface area (Å²) < 4.78 is 9.32. The van der Waals surface area contributed by atoms with Gasteiger partial charge in [-0.15, -0.1) is 0 Å². The Balaban J connectivity index is 1.55. The minimum Gasteiger partial charge on any atom is -0.455 e. The van der Waals surface area contributed by atoms with Crippen molar-refractivity contribution >= 4 is 32.3 Å². The van der Waals surface area contributed by atoms with Crippen molar-refractivity contribution in [1.29, 1.82) is 0 Å². The SMILES string of the molecule is Cc1c2c(c(CC(C)(C)C)c3ccccc13)Oc1cc3ccc(C4CCCCC4)cc3c3cc[n+](C)c-2c13. The quantitative estimate of drug-likeness (QED) is 0.170. The van der Waals surface area contributed by atoms with Gasteiger partial charge in [-0.2, -0.15) is 0 Å². The highest BCUT2D eigenvalue weighted by atomic mass is 16.5. The fourth-order valence-electron chi connectivity index (χ4n) is 7.21. The van der Waals surface area contributed by atoms with Crippen LogP contribution in [0.4, 0.5) is 0 Å². The zero-order valence-corrected chi connectivity index (χ0v) is 23.4. The van der Waals surface area contributed by atoms with Crippen LogP contribution in [-0.4, -0.2) is 0 Å². The molecular formula is C36H38NO+. The molecule has 1 fully saturated rings. The van der Waals surface area contributed by atoms with Gasteiger partial charge in [0.15, 0.2) is 6.20 Å². The van der Waals surface area contributed by atoms with Gasteiger partial charge in [0.2, 0.25) is 5.69 Å². The number of rotatable bonds is 2. The van der Waals surface area contributed by atoms with Crippen LogP contribution in [0.15, 0.2) is 60.8 Å². The molecule has 5 aromatic rings. The first-order valence-electron chi connectivity index (χ1n) is 14.4. The summed E-state index contributed by atoms with van der Waals surface area (Å²) in [6.45, 7) is 9.24. The van der Waals surface area contributed by atoms with E-state index in [1.165, 1.54) is 92.4 Å². The molecule has 0 saturated heterocycles. The van der Waals surface area contributed by atoms with Crippen molar-refractivity contribution in [2.24, 2.45) is 12.5 Å². The summed E-state index contributed by atoms with van der Waals surface area (Å²) in [4.78, 5) is 0. The highest BCUT2D eigenvalue weighted by molar-refractivity contribution is 6.16. The number of hydrogen-bond donors (Lipinski definition) is 0. The molecule has 0 radical (unpaired) electrons. The van der Waals surface area contributed by atoms with Crippen LogP contribution in [0, 0.1) is 12.3 Å². The molecule has 2 aliphatic rings. The molecule has 38 heavy (non-hydrogen) atoms. The highest BCUT2D eigenvalue weighted by Crippen LogP contribution is 2.53. The molecule has 192 valence electrons. The standard InChI is InChI=1S/C36H38NO/c1-22-26-13-9-10-14-27(26)30(21-36(2,3)4)35-32(22)34-33-28(17-18-37(34)5)29-19-24(23-11-7-6-8-12-23)15-16-25(29)20-31(33)38-35/h9-10,13-20,23H,6-8,11-12,21H2,1-5H3/q+1. The van der Waals surface area contributed by atoms with E-state index < -0.39 is 0 Å². The number of aryl methyl sites for hydroxylation is 2. The molecule has 1 saturated carbocycles. The van der Waals surface area contributed by atoms with Crippen LogP contribution in [0.1, 0.15) is 75.5 Å². The number of fused-ring (bicyclic) bond motifs is 5. The third-order valence-corrected chi connectivity index (χ3v) is 8.99. The second kappa shape index (κ2) is 8.56. The number of pyridine rings is 1. The zero-order chi connectivity index (χ0) is 26.2. The predicted molar refractivity (Wildman–Crippen MR) is 159 cm³/mol. The van der Waals surface area contributed by atoms with Gasteiger partial charge in [-0.3, -0.25) is 0 Å². The maximum Gasteiger partial charge on any atom is 0.228 e. The zero-order valence-electron chi connectivity index (χ0n) is 23.4. The van der Waals surface area contributed by atoms with Crippen molar-refractivity contribution in [3.63, 3.8) is 0 Å². The fraction of sp³-hybridized carbons (Fsp3) is 0.361. The van der Waals surface area contributed by atoms with E-state index in [1.54, 1.807) is 0 Å². The maximum absolute atomic E-state index is 7.01. The van der Waals surface area contributed by atoms with Crippen LogP contribution < -0.4 is 9.30 Å². The monoisotopic (exact) mass is 500 g/mol. The largest absolute Gasteiger partial charge is 0.455 e. The van der Waals surface area contributed by atoms with E-state index in [9.17, 15) is 0 Å². The van der Waals surface area contributed by atoms with Gasteiger partial charge < -0.3 is 4.74 Å². The van der Waals surface area contributed by atoms with Crippen LogP contribution in [0.5, 0.6) is 11.5 Å². The van der Waals surface area contributed by atoms with Gasteiger partial charge in [0.05, 0.1) is 10.9 Å². The van der Waals surface area contributed by atoms with E-state index in [1.807, 2.05) is 0 Å². The van der Waals surface area contributed by atoms with E-state index >= 15 is 0 Å². The molecule has 0 amide bonds. The van der Waals surface area contributed by atoms with E-state index in [0.29, 0.717) is 5.92 Å². The molecule has 1 aromatic heterocycles. The number of aromatic nitrogens is 1. The summed E-state index contributed by atoms with van der Waals surface area (Å²) >= 11 is 0. The Morgan fingerprint density at radius 3 is 2.39 bits per heavy atom. The number of hydrogen-bond acceptors (Lipinski definition) is 1. The van der Waals surface area contributed by atoms with Gasteiger partial charge in [-0.05, 0) is 76.3 Å². The van der Waals surface area contributed by atoms with Crippen LogP contribution in [0.2, 0.25) is 0 Å². The first kappa shape index (κ1) is 23.7. The molecule has 1 aliphatic carbocycles. The van der Waals surface area contributed by atoms with E-state index in [0.717, 1.165) is 17.9 Å². The second-order valence-corrected chi connectivity index (χ2v) is 12.9. The third kappa shape index (κ3) is 3.64. The molecule has 2 nitrogen and oxygen atoms in total. The molecular weight excluding hydrogens is 462 g/mol. The van der Waals surface area contributed by atoms with Crippen LogP contribution in [0.3, 0.4) is 0 Å². The Morgan fingerprint density at radius 2 is 1.63 bits per heavy atom. The topological polar surface area (TPSA) is 13.1 Å². The smallest absolute Gasteiger partial charge is 0.228 e. The Labute approximate surface area is 226 Å². The molecule has 7 rings (SSSR count). The molecule has 2 heteroatoms. The minimum atomic E-state index is 0.141. The van der Waals surface area contributed by atoms with Crippen molar-refractivity contribution in [1.82, 2.24) is 0 Å². The lowest BCUT2D eigenvalue weighted by Gasteiger charge is -2.28. The Morgan fingerprint density at radius 1 is 0.868 bits per heavy atom. The van der Waals surface area contributed by atoms with E-state index in [4.69, 9.17) is 4.74 Å². The van der Waals surface area contributed by atoms with Gasteiger partial charge in [0.1, 0.15) is 18.5 Å². The van der Waals surface area contributed by atoms with Crippen molar-refractivity contribution < 1.29 is 9.30 Å². The molecule has 0 unspecified atom stereocenters. The minimum absolute atomic E-state index is 0.141. The van der Waals surface area contributed by atoms with Crippen molar-refractivity contribution in [3.8, 4) is 22.8 Å². The number of ether oxygens (including phenoxy) is 1. The van der Waals surface area contributed by atoms with Crippen LogP contribution in [-0.2, 0) is 13.5 Å². The van der Waals surface area contributed by atoms with Gasteiger partial charge >= 0.3 is 0 Å². The molecule has 2 heterocycles. The molecule has 4 aromatic carbocycles. The Kier molecular flexibility index (Phi) is 5.34. The summed E-state index contributed by atoms with van der Waals surface area (Å²) in [5, 5.41) is 7.82. The lowest BCUT2D eigenvalue weighted by Crippen LogP contribution is -2.32. The third-order valence-electron chi connectivity index (χ3n) is 8.99. The molecule has 0 atom stereocenters. The van der Waals surface area contributed by atoms with Crippen molar-refractivity contribution in [2.75, 3.05) is 0 Å². The summed E-state index contributed by atoms with van der Waals surface area (Å²) in [7, 11) is 2.19. The molecule has 0 N–H and O–H groups in total. The Bertz CT molecular complexity index is 1750. The lowest BCUT2D eigenvalue weighted by molar-refractivity contribution is -0.659. The second-order valence-electron chi connectivity index (χ2n) is 12.9. The van der Waals surface area contributed by atoms with Crippen LogP contribution >= 0.6 is 0 Å². The first-order chi connectivity index (χ1) is 18.3. The van der Waals surface area contributed by atoms with Gasteiger partial charge in [0.25, 0.3) is 0 Å². The first-order valence-corrected chi connectivity index (χ1v) is 14.4. The van der Waals surface area contributed by atoms with Gasteiger partial charge in [-0.1, -0.05) is 82.5 Å². The average molecular weight is 501 g/mol. The summed E-state index contributed by atoms with van der Waals surface area (Å²) in [5.74, 6) is 2.73. The predicted octanol–water partition coefficient (Wildman–Crippen LogP) is 9.69. The summed E-state index contributed by atoms with van der Waals surface area (Å²) in [6.07, 6.45) is 9.96. The number of benzene rings is 4. The van der Waals surface area contributed by atoms with E-state index in [-0.39, 0.29) is 5.41 Å². The van der Waals surface area contributed by atoms with Crippen LogP contribution in [0.25, 0.3) is 43.6 Å². The maximum atomic E-state index is 7.01. The highest BCUT2D eigenvalue weighted by Gasteiger charge is 2.34. The lowest BCUT2D eigenvalue weighted by atomic mass is 9.81. The fourth-order valence-corrected chi connectivity index (χ4v) is 7.21. The average Bonchev–Trinajstić information content (AvgIpc) is 2.91. The molecule has 0 spiro atoms.